The van der Waals surface area contributed by atoms with Crippen molar-refractivity contribution in [2.75, 3.05) is 6.61 Å². The topological polar surface area (TPSA) is 47.6 Å². The van der Waals surface area contributed by atoms with Crippen LogP contribution in [-0.4, -0.2) is 18.1 Å². The van der Waals surface area contributed by atoms with Gasteiger partial charge in [-0.1, -0.05) is 18.2 Å². The Labute approximate surface area is 107 Å². The summed E-state index contributed by atoms with van der Waals surface area (Å²) in [6.07, 6.45) is 0.690. The van der Waals surface area contributed by atoms with Crippen molar-refractivity contribution in [2.45, 2.75) is 32.8 Å². The van der Waals surface area contributed by atoms with Crippen molar-refractivity contribution in [3.8, 4) is 5.75 Å². The van der Waals surface area contributed by atoms with Crippen molar-refractivity contribution in [3.05, 3.63) is 29.8 Å². The molecular formula is C14H19NO3. The maximum absolute atomic E-state index is 11.9. The highest BCUT2D eigenvalue weighted by atomic mass is 16.7. The molecule has 1 amide bonds. The first-order valence-corrected chi connectivity index (χ1v) is 6.14. The third-order valence-electron chi connectivity index (χ3n) is 2.71. The summed E-state index contributed by atoms with van der Waals surface area (Å²) in [6.45, 7) is 6.07. The van der Waals surface area contributed by atoms with Crippen LogP contribution in [0, 0.1) is 5.92 Å². The van der Waals surface area contributed by atoms with E-state index in [-0.39, 0.29) is 17.4 Å². The Morgan fingerprint density at radius 3 is 2.83 bits per heavy atom. The van der Waals surface area contributed by atoms with Crippen molar-refractivity contribution >= 4 is 5.91 Å². The van der Waals surface area contributed by atoms with E-state index < -0.39 is 0 Å². The second-order valence-electron chi connectivity index (χ2n) is 5.50. The van der Waals surface area contributed by atoms with Crippen molar-refractivity contribution in [1.82, 2.24) is 5.48 Å². The number of hydrogen-bond acceptors (Lipinski definition) is 3. The molecule has 0 aliphatic carbocycles. The van der Waals surface area contributed by atoms with Gasteiger partial charge in [-0.15, -0.1) is 0 Å². The van der Waals surface area contributed by atoms with Crippen LogP contribution < -0.4 is 10.2 Å². The van der Waals surface area contributed by atoms with E-state index in [1.807, 2.05) is 45.0 Å². The van der Waals surface area contributed by atoms with Crippen LogP contribution in [0.4, 0.5) is 0 Å². The Kier molecular flexibility index (Phi) is 3.57. The number of carbonyl (C=O) groups excluding carboxylic acids is 1. The maximum atomic E-state index is 11.9. The number of benzene rings is 1. The van der Waals surface area contributed by atoms with Crippen LogP contribution in [0.25, 0.3) is 0 Å². The minimum atomic E-state index is -0.386. The molecule has 0 spiro atoms. The first kappa shape index (κ1) is 12.9. The molecule has 2 rings (SSSR count). The van der Waals surface area contributed by atoms with E-state index in [2.05, 4.69) is 5.48 Å². The molecule has 1 heterocycles. The van der Waals surface area contributed by atoms with Gasteiger partial charge in [-0.25, -0.2) is 5.48 Å². The van der Waals surface area contributed by atoms with Crippen LogP contribution >= 0.6 is 0 Å². The number of carbonyl (C=O) groups is 1. The number of fused-ring (bicyclic) bond motifs is 1. The summed E-state index contributed by atoms with van der Waals surface area (Å²) in [5.74, 6) is 0.556. The molecule has 4 nitrogen and oxygen atoms in total. The number of ether oxygens (including phenoxy) is 1. The molecule has 1 N–H and O–H groups in total. The molecule has 1 aliphatic rings. The zero-order valence-corrected chi connectivity index (χ0v) is 11.0. The first-order chi connectivity index (χ1) is 8.46. The minimum absolute atomic E-state index is 0.126. The van der Waals surface area contributed by atoms with Crippen molar-refractivity contribution in [2.24, 2.45) is 5.92 Å². The Bertz CT molecular complexity index is 437. The summed E-state index contributed by atoms with van der Waals surface area (Å²) in [7, 11) is 0. The van der Waals surface area contributed by atoms with Gasteiger partial charge >= 0.3 is 0 Å². The van der Waals surface area contributed by atoms with E-state index in [9.17, 15) is 4.79 Å². The first-order valence-electron chi connectivity index (χ1n) is 6.14. The average molecular weight is 249 g/mol. The van der Waals surface area contributed by atoms with E-state index in [4.69, 9.17) is 9.57 Å². The third kappa shape index (κ3) is 3.23. The Hall–Kier alpha value is -1.55. The van der Waals surface area contributed by atoms with Gasteiger partial charge in [0.15, 0.2) is 0 Å². The highest BCUT2D eigenvalue weighted by Gasteiger charge is 2.26. The molecule has 4 heteroatoms. The maximum Gasteiger partial charge on any atom is 0.250 e. The van der Waals surface area contributed by atoms with Crippen molar-refractivity contribution in [1.29, 1.82) is 0 Å². The molecule has 0 saturated heterocycles. The summed E-state index contributed by atoms with van der Waals surface area (Å²) < 4.78 is 5.57. The number of hydrogen-bond donors (Lipinski definition) is 1. The second kappa shape index (κ2) is 4.98. The quantitative estimate of drug-likeness (QED) is 0.816. The lowest BCUT2D eigenvalue weighted by Gasteiger charge is -2.26. The average Bonchev–Trinajstić information content (AvgIpc) is 2.34. The minimum Gasteiger partial charge on any atom is -0.492 e. The lowest BCUT2D eigenvalue weighted by atomic mass is 9.96. The Morgan fingerprint density at radius 1 is 1.39 bits per heavy atom. The summed E-state index contributed by atoms with van der Waals surface area (Å²) in [6, 6.07) is 7.80. The summed E-state index contributed by atoms with van der Waals surface area (Å²) in [5, 5.41) is 0. The van der Waals surface area contributed by atoms with E-state index in [0.717, 1.165) is 11.3 Å². The zero-order valence-electron chi connectivity index (χ0n) is 11.0. The monoisotopic (exact) mass is 249 g/mol. The van der Waals surface area contributed by atoms with E-state index in [0.29, 0.717) is 13.0 Å². The van der Waals surface area contributed by atoms with Gasteiger partial charge in [0, 0.05) is 0 Å². The second-order valence-corrected chi connectivity index (χ2v) is 5.50. The SMILES string of the molecule is CC(C)(C)ONC(=O)[C@H]1COc2ccccc2C1. The third-order valence-corrected chi connectivity index (χ3v) is 2.71. The predicted octanol–water partition coefficient (Wildman–Crippen LogP) is 2.08. The highest BCUT2D eigenvalue weighted by Crippen LogP contribution is 2.26. The molecule has 18 heavy (non-hydrogen) atoms. The predicted molar refractivity (Wildman–Crippen MR) is 68.1 cm³/mol. The molecule has 0 fully saturated rings. The molecule has 1 aromatic carbocycles. The standard InChI is InChI=1S/C14H19NO3/c1-14(2,3)18-15-13(16)11-8-10-6-4-5-7-12(10)17-9-11/h4-7,11H,8-9H2,1-3H3,(H,15,16)/t11-/m1/s1. The molecule has 0 bridgehead atoms. The molecule has 1 aromatic rings. The normalized spacial score (nSPS) is 18.7. The molecule has 0 radical (unpaired) electrons. The van der Waals surface area contributed by atoms with Crippen LogP contribution in [0.5, 0.6) is 5.75 Å². The molecule has 0 aromatic heterocycles. The van der Waals surface area contributed by atoms with Crippen molar-refractivity contribution < 1.29 is 14.4 Å². The highest BCUT2D eigenvalue weighted by molar-refractivity contribution is 5.78. The van der Waals surface area contributed by atoms with Gasteiger partial charge < -0.3 is 4.74 Å². The molecule has 0 unspecified atom stereocenters. The van der Waals surface area contributed by atoms with E-state index >= 15 is 0 Å². The Balaban J connectivity index is 1.95. The lowest BCUT2D eigenvalue weighted by molar-refractivity contribution is -0.151. The number of para-hydroxylation sites is 1. The largest absolute Gasteiger partial charge is 0.492 e. The van der Waals surface area contributed by atoms with Crippen LogP contribution in [0.3, 0.4) is 0 Å². The van der Waals surface area contributed by atoms with Crippen molar-refractivity contribution in [3.63, 3.8) is 0 Å². The van der Waals surface area contributed by atoms with Gasteiger partial charge in [0.1, 0.15) is 12.4 Å². The van der Waals surface area contributed by atoms with Gasteiger partial charge in [0.05, 0.1) is 11.5 Å². The van der Waals surface area contributed by atoms with Gasteiger partial charge in [0.2, 0.25) is 5.91 Å². The number of rotatable bonds is 2. The molecule has 1 atom stereocenters. The van der Waals surface area contributed by atoms with Crippen LogP contribution in [0.1, 0.15) is 26.3 Å². The summed E-state index contributed by atoms with van der Waals surface area (Å²) in [5.41, 5.74) is 3.19. The van der Waals surface area contributed by atoms with Gasteiger partial charge in [-0.05, 0) is 38.8 Å². The van der Waals surface area contributed by atoms with Crippen LogP contribution in [0.15, 0.2) is 24.3 Å². The van der Waals surface area contributed by atoms with Gasteiger partial charge in [0.25, 0.3) is 0 Å². The molecular weight excluding hydrogens is 230 g/mol. The van der Waals surface area contributed by atoms with Gasteiger partial charge in [-0.3, -0.25) is 9.63 Å². The fourth-order valence-electron chi connectivity index (χ4n) is 1.78. The summed E-state index contributed by atoms with van der Waals surface area (Å²) >= 11 is 0. The lowest BCUT2D eigenvalue weighted by Crippen LogP contribution is -2.41. The summed E-state index contributed by atoms with van der Waals surface area (Å²) in [4.78, 5) is 17.2. The fraction of sp³-hybridized carbons (Fsp3) is 0.500. The molecule has 98 valence electrons. The van der Waals surface area contributed by atoms with Gasteiger partial charge in [-0.2, -0.15) is 0 Å². The smallest absolute Gasteiger partial charge is 0.250 e. The zero-order chi connectivity index (χ0) is 13.2. The van der Waals surface area contributed by atoms with E-state index in [1.54, 1.807) is 0 Å². The fourth-order valence-corrected chi connectivity index (χ4v) is 1.78. The number of hydroxylamine groups is 1. The number of amides is 1. The van der Waals surface area contributed by atoms with Crippen LogP contribution in [-0.2, 0) is 16.1 Å². The van der Waals surface area contributed by atoms with E-state index in [1.165, 1.54) is 0 Å². The van der Waals surface area contributed by atoms with Crippen LogP contribution in [0.2, 0.25) is 0 Å². The number of nitrogens with one attached hydrogen (secondary N) is 1. The molecule has 0 saturated carbocycles. The Morgan fingerprint density at radius 2 is 2.11 bits per heavy atom. The molecule has 1 aliphatic heterocycles.